The van der Waals surface area contributed by atoms with Gasteiger partial charge >= 0.3 is 0 Å². The van der Waals surface area contributed by atoms with Gasteiger partial charge in [0.25, 0.3) is 11.8 Å². The number of carbonyl (C=O) groups excluding carboxylic acids is 2. The summed E-state index contributed by atoms with van der Waals surface area (Å²) in [6.07, 6.45) is 0.781. The molecule has 0 saturated carbocycles. The standard InChI is InChI=1S/C18H19N3O2/c1-20(15-8-3-2-4-9-15)19-17(22)13-21-12-11-14-7-5-6-10-16(14)18(21)23/h2-10H,11-13H2,1H3,(H,19,22). The van der Waals surface area contributed by atoms with Crippen molar-refractivity contribution in [2.75, 3.05) is 25.1 Å². The monoisotopic (exact) mass is 309 g/mol. The van der Waals surface area contributed by atoms with E-state index in [-0.39, 0.29) is 18.4 Å². The van der Waals surface area contributed by atoms with Crippen LogP contribution in [-0.4, -0.2) is 36.9 Å². The molecule has 5 nitrogen and oxygen atoms in total. The van der Waals surface area contributed by atoms with Gasteiger partial charge in [-0.15, -0.1) is 0 Å². The number of hydrogen-bond donors (Lipinski definition) is 1. The maximum atomic E-state index is 12.4. The molecule has 0 bridgehead atoms. The van der Waals surface area contributed by atoms with Crippen LogP contribution in [0.3, 0.4) is 0 Å². The first-order chi connectivity index (χ1) is 11.1. The summed E-state index contributed by atoms with van der Waals surface area (Å²) >= 11 is 0. The molecule has 1 N–H and O–H groups in total. The Labute approximate surface area is 135 Å². The quantitative estimate of drug-likeness (QED) is 0.877. The van der Waals surface area contributed by atoms with E-state index in [9.17, 15) is 9.59 Å². The Morgan fingerprint density at radius 3 is 2.61 bits per heavy atom. The Hall–Kier alpha value is -2.82. The lowest BCUT2D eigenvalue weighted by molar-refractivity contribution is -0.121. The summed E-state index contributed by atoms with van der Waals surface area (Å²) in [4.78, 5) is 26.2. The number of benzene rings is 2. The highest BCUT2D eigenvalue weighted by atomic mass is 16.2. The van der Waals surface area contributed by atoms with Crippen molar-refractivity contribution in [2.45, 2.75) is 6.42 Å². The normalized spacial score (nSPS) is 13.4. The molecule has 2 aromatic rings. The highest BCUT2D eigenvalue weighted by Crippen LogP contribution is 2.18. The molecule has 0 unspecified atom stereocenters. The summed E-state index contributed by atoms with van der Waals surface area (Å²) in [5, 5.41) is 1.66. The van der Waals surface area contributed by atoms with Crippen LogP contribution in [0.1, 0.15) is 15.9 Å². The fourth-order valence-electron chi connectivity index (χ4n) is 2.74. The molecule has 0 aromatic heterocycles. The van der Waals surface area contributed by atoms with E-state index in [1.807, 2.05) is 54.6 Å². The first-order valence-electron chi connectivity index (χ1n) is 7.60. The van der Waals surface area contributed by atoms with Crippen molar-refractivity contribution in [3.63, 3.8) is 0 Å². The zero-order valence-electron chi connectivity index (χ0n) is 13.0. The molecule has 1 aliphatic heterocycles. The van der Waals surface area contributed by atoms with E-state index in [4.69, 9.17) is 0 Å². The van der Waals surface area contributed by atoms with Gasteiger partial charge in [-0.1, -0.05) is 36.4 Å². The molecule has 23 heavy (non-hydrogen) atoms. The lowest BCUT2D eigenvalue weighted by atomic mass is 9.99. The van der Waals surface area contributed by atoms with Gasteiger partial charge in [0.05, 0.1) is 5.69 Å². The molecule has 2 aromatic carbocycles. The molecule has 0 radical (unpaired) electrons. The lowest BCUT2D eigenvalue weighted by Crippen LogP contribution is -2.48. The molecule has 0 aliphatic carbocycles. The molecular formula is C18H19N3O2. The second kappa shape index (κ2) is 6.52. The highest BCUT2D eigenvalue weighted by Gasteiger charge is 2.25. The highest BCUT2D eigenvalue weighted by molar-refractivity contribution is 5.98. The number of anilines is 1. The number of rotatable bonds is 4. The van der Waals surface area contributed by atoms with Crippen LogP contribution >= 0.6 is 0 Å². The maximum Gasteiger partial charge on any atom is 0.258 e. The number of hydrogen-bond acceptors (Lipinski definition) is 3. The molecule has 0 saturated heterocycles. The summed E-state index contributed by atoms with van der Waals surface area (Å²) in [6, 6.07) is 17.1. The Balaban J connectivity index is 1.62. The zero-order valence-corrected chi connectivity index (χ0v) is 13.0. The number of nitrogens with one attached hydrogen (secondary N) is 1. The van der Waals surface area contributed by atoms with Crippen molar-refractivity contribution in [3.05, 3.63) is 65.7 Å². The number of hydrazine groups is 1. The van der Waals surface area contributed by atoms with E-state index in [2.05, 4.69) is 5.43 Å². The molecule has 118 valence electrons. The summed E-state index contributed by atoms with van der Waals surface area (Å²) in [5.41, 5.74) is 5.42. The van der Waals surface area contributed by atoms with Crippen LogP contribution in [0.5, 0.6) is 0 Å². The van der Waals surface area contributed by atoms with E-state index in [0.717, 1.165) is 17.7 Å². The van der Waals surface area contributed by atoms with E-state index >= 15 is 0 Å². The number of fused-ring (bicyclic) bond motifs is 1. The Morgan fingerprint density at radius 1 is 1.13 bits per heavy atom. The molecule has 5 heteroatoms. The minimum atomic E-state index is -0.205. The summed E-state index contributed by atoms with van der Waals surface area (Å²) < 4.78 is 0. The summed E-state index contributed by atoms with van der Waals surface area (Å²) in [6.45, 7) is 0.628. The smallest absolute Gasteiger partial charge is 0.258 e. The average Bonchev–Trinajstić information content (AvgIpc) is 2.58. The first kappa shape index (κ1) is 15.1. The average molecular weight is 309 g/mol. The van der Waals surface area contributed by atoms with Crippen LogP contribution in [0.15, 0.2) is 54.6 Å². The van der Waals surface area contributed by atoms with Crippen LogP contribution in [0, 0.1) is 0 Å². The second-order valence-electron chi connectivity index (χ2n) is 5.56. The SMILES string of the molecule is CN(NC(=O)CN1CCc2ccccc2C1=O)c1ccccc1. The minimum absolute atomic E-state index is 0.0599. The van der Waals surface area contributed by atoms with Crippen molar-refractivity contribution in [1.29, 1.82) is 0 Å². The zero-order chi connectivity index (χ0) is 16.2. The third-order valence-corrected chi connectivity index (χ3v) is 3.96. The van der Waals surface area contributed by atoms with Crippen molar-refractivity contribution < 1.29 is 9.59 Å². The van der Waals surface area contributed by atoms with Gasteiger partial charge in [-0.2, -0.15) is 0 Å². The van der Waals surface area contributed by atoms with E-state index < -0.39 is 0 Å². The Bertz CT molecular complexity index is 715. The minimum Gasteiger partial charge on any atom is -0.329 e. The molecule has 1 aliphatic rings. The van der Waals surface area contributed by atoms with E-state index in [1.165, 1.54) is 0 Å². The van der Waals surface area contributed by atoms with Gasteiger partial charge in [-0.3, -0.25) is 20.0 Å². The van der Waals surface area contributed by atoms with Crippen molar-refractivity contribution in [2.24, 2.45) is 0 Å². The van der Waals surface area contributed by atoms with Crippen molar-refractivity contribution in [1.82, 2.24) is 10.3 Å². The maximum absolute atomic E-state index is 12.4. The third kappa shape index (κ3) is 3.34. The number of amides is 2. The van der Waals surface area contributed by atoms with Crippen molar-refractivity contribution in [3.8, 4) is 0 Å². The van der Waals surface area contributed by atoms with Crippen molar-refractivity contribution >= 4 is 17.5 Å². The van der Waals surface area contributed by atoms with Gasteiger partial charge in [-0.25, -0.2) is 0 Å². The van der Waals surface area contributed by atoms with Gasteiger partial charge in [0.1, 0.15) is 6.54 Å². The third-order valence-electron chi connectivity index (χ3n) is 3.96. The van der Waals surface area contributed by atoms with Gasteiger partial charge in [0, 0.05) is 19.2 Å². The van der Waals surface area contributed by atoms with Gasteiger partial charge in [0.2, 0.25) is 0 Å². The lowest BCUT2D eigenvalue weighted by Gasteiger charge is -2.29. The Morgan fingerprint density at radius 2 is 1.83 bits per heavy atom. The van der Waals surface area contributed by atoms with Crippen LogP contribution in [-0.2, 0) is 11.2 Å². The topological polar surface area (TPSA) is 52.7 Å². The van der Waals surface area contributed by atoms with Crippen LogP contribution in [0.4, 0.5) is 5.69 Å². The fraction of sp³-hybridized carbons (Fsp3) is 0.222. The predicted octanol–water partition coefficient (Wildman–Crippen LogP) is 1.85. The van der Waals surface area contributed by atoms with Crippen LogP contribution < -0.4 is 10.4 Å². The second-order valence-corrected chi connectivity index (χ2v) is 5.56. The molecule has 2 amide bonds. The Kier molecular flexibility index (Phi) is 4.28. The first-order valence-corrected chi connectivity index (χ1v) is 7.60. The largest absolute Gasteiger partial charge is 0.329 e. The predicted molar refractivity (Wildman–Crippen MR) is 89.0 cm³/mol. The van der Waals surface area contributed by atoms with Crippen LogP contribution in [0.2, 0.25) is 0 Å². The molecule has 1 heterocycles. The fourth-order valence-corrected chi connectivity index (χ4v) is 2.74. The van der Waals surface area contributed by atoms with E-state index in [0.29, 0.717) is 12.1 Å². The number of para-hydroxylation sites is 1. The molecule has 0 atom stereocenters. The van der Waals surface area contributed by atoms with E-state index in [1.54, 1.807) is 17.0 Å². The van der Waals surface area contributed by atoms with Gasteiger partial charge < -0.3 is 4.90 Å². The molecule has 3 rings (SSSR count). The van der Waals surface area contributed by atoms with Gasteiger partial charge in [-0.05, 0) is 30.2 Å². The summed E-state index contributed by atoms with van der Waals surface area (Å²) in [5.74, 6) is -0.284. The summed E-state index contributed by atoms with van der Waals surface area (Å²) in [7, 11) is 1.78. The molecular weight excluding hydrogens is 290 g/mol. The number of carbonyl (C=O) groups is 2. The molecule has 0 fully saturated rings. The van der Waals surface area contributed by atoms with Gasteiger partial charge in [0.15, 0.2) is 0 Å². The number of nitrogens with zero attached hydrogens (tertiary/aromatic N) is 2. The molecule has 0 spiro atoms. The van der Waals surface area contributed by atoms with Crippen LogP contribution in [0.25, 0.3) is 0 Å².